The summed E-state index contributed by atoms with van der Waals surface area (Å²) in [7, 11) is 0. The summed E-state index contributed by atoms with van der Waals surface area (Å²) in [5.41, 5.74) is 2.81. The maximum atomic E-state index is 11.3. The first kappa shape index (κ1) is 17.0. The Morgan fingerprint density at radius 2 is 1.78 bits per heavy atom. The molecule has 0 aliphatic rings. The summed E-state index contributed by atoms with van der Waals surface area (Å²) in [4.78, 5) is 15.5. The van der Waals surface area contributed by atoms with Gasteiger partial charge in [0.15, 0.2) is 0 Å². The number of aromatic nitrogens is 1. The second kappa shape index (κ2) is 6.82. The fourth-order valence-electron chi connectivity index (χ4n) is 2.49. The van der Waals surface area contributed by atoms with Gasteiger partial charge in [-0.3, -0.25) is 4.79 Å². The molecule has 0 bridgehead atoms. The van der Waals surface area contributed by atoms with Crippen molar-refractivity contribution in [2.24, 2.45) is 0 Å². The van der Waals surface area contributed by atoms with E-state index in [1.165, 1.54) is 6.92 Å². The van der Waals surface area contributed by atoms with Crippen molar-refractivity contribution in [3.63, 3.8) is 0 Å². The predicted molar refractivity (Wildman–Crippen MR) is 92.3 cm³/mol. The van der Waals surface area contributed by atoms with Crippen LogP contribution < -0.4 is 10.1 Å². The molecule has 1 N–H and O–H groups in total. The molecule has 4 heteroatoms. The molecule has 122 valence electrons. The van der Waals surface area contributed by atoms with Crippen molar-refractivity contribution in [1.29, 1.82) is 0 Å². The van der Waals surface area contributed by atoms with E-state index in [1.54, 1.807) is 6.20 Å². The average Bonchev–Trinajstić information content (AvgIpc) is 2.46. The van der Waals surface area contributed by atoms with Gasteiger partial charge in [0.25, 0.3) is 0 Å². The van der Waals surface area contributed by atoms with Gasteiger partial charge in [-0.2, -0.15) is 0 Å². The van der Waals surface area contributed by atoms with Gasteiger partial charge in [0.2, 0.25) is 11.8 Å². The van der Waals surface area contributed by atoms with Crippen LogP contribution in [0.4, 0.5) is 0 Å². The highest BCUT2D eigenvalue weighted by molar-refractivity contribution is 5.74. The van der Waals surface area contributed by atoms with Gasteiger partial charge >= 0.3 is 0 Å². The molecule has 1 aromatic heterocycles. The van der Waals surface area contributed by atoms with Crippen molar-refractivity contribution in [3.8, 4) is 17.0 Å². The lowest BCUT2D eigenvalue weighted by Gasteiger charge is -2.26. The minimum absolute atomic E-state index is 0.0383. The van der Waals surface area contributed by atoms with E-state index in [0.717, 1.165) is 16.7 Å². The Morgan fingerprint density at radius 1 is 1.13 bits per heavy atom. The van der Waals surface area contributed by atoms with Gasteiger partial charge in [-0.1, -0.05) is 24.3 Å². The van der Waals surface area contributed by atoms with Gasteiger partial charge in [-0.15, -0.1) is 0 Å². The summed E-state index contributed by atoms with van der Waals surface area (Å²) in [6.07, 6.45) is 1.85. The van der Waals surface area contributed by atoms with E-state index in [0.29, 0.717) is 5.88 Å². The van der Waals surface area contributed by atoms with Gasteiger partial charge in [-0.25, -0.2) is 4.98 Å². The van der Waals surface area contributed by atoms with Crippen LogP contribution in [-0.4, -0.2) is 17.0 Å². The van der Waals surface area contributed by atoms with Crippen molar-refractivity contribution >= 4 is 5.91 Å². The number of hydrogen-bond acceptors (Lipinski definition) is 3. The van der Waals surface area contributed by atoms with Crippen LogP contribution >= 0.6 is 0 Å². The van der Waals surface area contributed by atoms with Crippen LogP contribution in [0.25, 0.3) is 11.1 Å². The Morgan fingerprint density at radius 3 is 2.35 bits per heavy atom. The minimum atomic E-state index is -0.394. The third kappa shape index (κ3) is 4.55. The fourth-order valence-corrected chi connectivity index (χ4v) is 2.49. The zero-order valence-electron chi connectivity index (χ0n) is 14.4. The average molecular weight is 312 g/mol. The number of carbonyl (C=O) groups is 1. The molecule has 0 atom stereocenters. The highest BCUT2D eigenvalue weighted by Crippen LogP contribution is 2.26. The number of hydrogen-bond donors (Lipinski definition) is 1. The Bertz CT molecular complexity index is 676. The Balaban J connectivity index is 2.24. The summed E-state index contributed by atoms with van der Waals surface area (Å²) < 4.78 is 5.64. The first-order chi connectivity index (χ1) is 10.8. The molecule has 1 heterocycles. The lowest BCUT2D eigenvalue weighted by molar-refractivity contribution is -0.120. The van der Waals surface area contributed by atoms with E-state index in [2.05, 4.69) is 10.3 Å². The standard InChI is InChI=1S/C19H24N2O2/c1-13(2)23-18-12-16(10-11-20-18)15-6-8-17(9-7-15)19(4,5)21-14(3)22/h6-13H,1-5H3,(H,21,22). The molecule has 0 aliphatic heterocycles. The van der Waals surface area contributed by atoms with Gasteiger partial charge in [0.1, 0.15) is 0 Å². The number of ether oxygens (including phenoxy) is 1. The molecule has 4 nitrogen and oxygen atoms in total. The van der Waals surface area contributed by atoms with Crippen molar-refractivity contribution < 1.29 is 9.53 Å². The summed E-state index contributed by atoms with van der Waals surface area (Å²) >= 11 is 0. The van der Waals surface area contributed by atoms with Crippen molar-refractivity contribution in [2.75, 3.05) is 0 Å². The number of nitrogens with one attached hydrogen (secondary N) is 1. The first-order valence-corrected chi connectivity index (χ1v) is 7.80. The first-order valence-electron chi connectivity index (χ1n) is 7.80. The molecule has 0 radical (unpaired) electrons. The number of pyridine rings is 1. The zero-order chi connectivity index (χ0) is 17.0. The van der Waals surface area contributed by atoms with Crippen LogP contribution in [0.3, 0.4) is 0 Å². The highest BCUT2D eigenvalue weighted by atomic mass is 16.5. The number of carbonyl (C=O) groups excluding carboxylic acids is 1. The number of nitrogens with zero attached hydrogens (tertiary/aromatic N) is 1. The molecule has 2 aromatic rings. The molecule has 0 fully saturated rings. The van der Waals surface area contributed by atoms with E-state index in [1.807, 2.05) is 64.1 Å². The smallest absolute Gasteiger partial charge is 0.217 e. The number of benzene rings is 1. The molecule has 0 saturated carbocycles. The molecule has 0 aliphatic carbocycles. The normalized spacial score (nSPS) is 11.4. The largest absolute Gasteiger partial charge is 0.475 e. The lowest BCUT2D eigenvalue weighted by atomic mass is 9.92. The molecular formula is C19H24N2O2. The van der Waals surface area contributed by atoms with E-state index in [-0.39, 0.29) is 12.0 Å². The molecule has 23 heavy (non-hydrogen) atoms. The van der Waals surface area contributed by atoms with Crippen LogP contribution in [0.1, 0.15) is 40.2 Å². The number of amides is 1. The number of rotatable bonds is 5. The maximum absolute atomic E-state index is 11.3. The van der Waals surface area contributed by atoms with Crippen LogP contribution in [0.5, 0.6) is 5.88 Å². The van der Waals surface area contributed by atoms with E-state index < -0.39 is 5.54 Å². The van der Waals surface area contributed by atoms with Gasteiger partial charge in [0, 0.05) is 19.2 Å². The van der Waals surface area contributed by atoms with E-state index in [4.69, 9.17) is 4.74 Å². The van der Waals surface area contributed by atoms with E-state index in [9.17, 15) is 4.79 Å². The minimum Gasteiger partial charge on any atom is -0.475 e. The molecule has 1 amide bonds. The second-order valence-electron chi connectivity index (χ2n) is 6.43. The van der Waals surface area contributed by atoms with Gasteiger partial charge in [0.05, 0.1) is 11.6 Å². The molecule has 0 unspecified atom stereocenters. The molecule has 0 saturated heterocycles. The fraction of sp³-hybridized carbons (Fsp3) is 0.368. The summed E-state index contributed by atoms with van der Waals surface area (Å²) in [5, 5.41) is 2.96. The quantitative estimate of drug-likeness (QED) is 0.910. The topological polar surface area (TPSA) is 51.2 Å². The van der Waals surface area contributed by atoms with E-state index >= 15 is 0 Å². The van der Waals surface area contributed by atoms with Crippen LogP contribution in [0.15, 0.2) is 42.6 Å². The molecule has 0 spiro atoms. The van der Waals surface area contributed by atoms with Crippen molar-refractivity contribution in [1.82, 2.24) is 10.3 Å². The monoisotopic (exact) mass is 312 g/mol. The lowest BCUT2D eigenvalue weighted by Crippen LogP contribution is -2.39. The Labute approximate surface area is 137 Å². The molecule has 1 aromatic carbocycles. The van der Waals surface area contributed by atoms with Crippen LogP contribution in [0, 0.1) is 0 Å². The van der Waals surface area contributed by atoms with Crippen molar-refractivity contribution in [2.45, 2.75) is 46.3 Å². The zero-order valence-corrected chi connectivity index (χ0v) is 14.4. The SMILES string of the molecule is CC(=O)NC(C)(C)c1ccc(-c2ccnc(OC(C)C)c2)cc1. The predicted octanol–water partition coefficient (Wildman–Crippen LogP) is 3.91. The van der Waals surface area contributed by atoms with Crippen molar-refractivity contribution in [3.05, 3.63) is 48.2 Å². The summed E-state index contributed by atoms with van der Waals surface area (Å²) in [5.74, 6) is 0.587. The highest BCUT2D eigenvalue weighted by Gasteiger charge is 2.21. The summed E-state index contributed by atoms with van der Waals surface area (Å²) in [6, 6.07) is 12.1. The maximum Gasteiger partial charge on any atom is 0.217 e. The Kier molecular flexibility index (Phi) is 5.04. The van der Waals surface area contributed by atoms with Gasteiger partial charge < -0.3 is 10.1 Å². The molecule has 2 rings (SSSR count). The second-order valence-corrected chi connectivity index (χ2v) is 6.43. The third-order valence-electron chi connectivity index (χ3n) is 3.52. The molecular weight excluding hydrogens is 288 g/mol. The Hall–Kier alpha value is -2.36. The summed E-state index contributed by atoms with van der Waals surface area (Å²) in [6.45, 7) is 9.47. The van der Waals surface area contributed by atoms with Crippen LogP contribution in [-0.2, 0) is 10.3 Å². The third-order valence-corrected chi connectivity index (χ3v) is 3.52. The van der Waals surface area contributed by atoms with Crippen LogP contribution in [0.2, 0.25) is 0 Å². The van der Waals surface area contributed by atoms with Gasteiger partial charge in [-0.05, 0) is 50.5 Å².